The van der Waals surface area contributed by atoms with Crippen molar-refractivity contribution in [3.05, 3.63) is 48.3 Å². The van der Waals surface area contributed by atoms with Crippen molar-refractivity contribution >= 4 is 11.5 Å². The number of nitrogens with one attached hydrogen (secondary N) is 2. The quantitative estimate of drug-likeness (QED) is 0.674. The molecule has 0 aliphatic carbocycles. The van der Waals surface area contributed by atoms with Gasteiger partial charge >= 0.3 is 0 Å². The summed E-state index contributed by atoms with van der Waals surface area (Å²) >= 11 is 0. The summed E-state index contributed by atoms with van der Waals surface area (Å²) in [6.45, 7) is 5.66. The molecule has 0 bridgehead atoms. The highest BCUT2D eigenvalue weighted by atomic mass is 16.3. The molecule has 6 heteroatoms. The number of aliphatic hydroxyl groups is 1. The van der Waals surface area contributed by atoms with Gasteiger partial charge in [-0.3, -0.25) is 4.40 Å². The van der Waals surface area contributed by atoms with Crippen molar-refractivity contribution in [1.82, 2.24) is 19.7 Å². The van der Waals surface area contributed by atoms with Crippen molar-refractivity contribution in [2.24, 2.45) is 0 Å². The molecule has 0 aromatic carbocycles. The number of aromatic nitrogens is 3. The fraction of sp³-hybridized carbons (Fsp3) is 0.400. The minimum Gasteiger partial charge on any atom is -0.386 e. The number of nitrogens with zero attached hydrogens (tertiary/aromatic N) is 3. The molecule has 1 aliphatic rings. The number of hydrogen-bond donors (Lipinski definition) is 3. The number of fused-ring (bicyclic) bond motifs is 1. The largest absolute Gasteiger partial charge is 0.386 e. The van der Waals surface area contributed by atoms with E-state index in [0.29, 0.717) is 6.04 Å². The van der Waals surface area contributed by atoms with Gasteiger partial charge in [0.2, 0.25) is 0 Å². The van der Waals surface area contributed by atoms with E-state index in [2.05, 4.69) is 15.6 Å². The summed E-state index contributed by atoms with van der Waals surface area (Å²) in [6, 6.07) is 10.3. The monoisotopic (exact) mass is 351 g/mol. The molecular weight excluding hydrogens is 326 g/mol. The molecule has 136 valence electrons. The summed E-state index contributed by atoms with van der Waals surface area (Å²) in [5.41, 5.74) is 2.56. The second-order valence-corrected chi connectivity index (χ2v) is 7.43. The lowest BCUT2D eigenvalue weighted by molar-refractivity contribution is 0.0782. The molecule has 0 atom stereocenters. The molecule has 1 saturated heterocycles. The number of piperidine rings is 1. The first-order valence-corrected chi connectivity index (χ1v) is 9.15. The lowest BCUT2D eigenvalue weighted by Crippen LogP contribution is -2.35. The molecule has 0 spiro atoms. The van der Waals surface area contributed by atoms with Gasteiger partial charge in [0.15, 0.2) is 0 Å². The molecule has 4 rings (SSSR count). The molecule has 3 aromatic heterocycles. The summed E-state index contributed by atoms with van der Waals surface area (Å²) in [6.07, 6.45) is 5.99. The van der Waals surface area contributed by atoms with Gasteiger partial charge in [-0.05, 0) is 63.5 Å². The lowest BCUT2D eigenvalue weighted by atomic mass is 10.0. The molecule has 6 nitrogen and oxygen atoms in total. The average Bonchev–Trinajstić information content (AvgIpc) is 3.05. The summed E-state index contributed by atoms with van der Waals surface area (Å²) in [4.78, 5) is 9.27. The highest BCUT2D eigenvalue weighted by Gasteiger charge is 2.18. The van der Waals surface area contributed by atoms with Crippen LogP contribution in [0.3, 0.4) is 0 Å². The van der Waals surface area contributed by atoms with E-state index in [9.17, 15) is 5.11 Å². The summed E-state index contributed by atoms with van der Waals surface area (Å²) < 4.78 is 1.99. The van der Waals surface area contributed by atoms with Crippen LogP contribution in [0.2, 0.25) is 0 Å². The average molecular weight is 351 g/mol. The van der Waals surface area contributed by atoms with Crippen LogP contribution in [-0.4, -0.2) is 38.6 Å². The van der Waals surface area contributed by atoms with E-state index in [0.717, 1.165) is 54.3 Å². The highest BCUT2D eigenvalue weighted by molar-refractivity contribution is 5.62. The Morgan fingerprint density at radius 2 is 2.00 bits per heavy atom. The third kappa shape index (κ3) is 3.43. The molecule has 26 heavy (non-hydrogen) atoms. The number of hydrogen-bond acceptors (Lipinski definition) is 5. The van der Waals surface area contributed by atoms with E-state index in [1.807, 2.05) is 47.1 Å². The molecule has 0 radical (unpaired) electrons. The zero-order valence-corrected chi connectivity index (χ0v) is 15.2. The van der Waals surface area contributed by atoms with Crippen LogP contribution in [0.5, 0.6) is 0 Å². The van der Waals surface area contributed by atoms with E-state index in [-0.39, 0.29) is 0 Å². The van der Waals surface area contributed by atoms with Crippen LogP contribution in [0.4, 0.5) is 5.82 Å². The lowest BCUT2D eigenvalue weighted by Gasteiger charge is -2.24. The van der Waals surface area contributed by atoms with E-state index in [1.165, 1.54) is 0 Å². The van der Waals surface area contributed by atoms with Gasteiger partial charge in [0, 0.05) is 12.2 Å². The molecule has 4 heterocycles. The van der Waals surface area contributed by atoms with Gasteiger partial charge in [-0.1, -0.05) is 12.1 Å². The van der Waals surface area contributed by atoms with E-state index in [4.69, 9.17) is 4.98 Å². The Morgan fingerprint density at radius 1 is 1.19 bits per heavy atom. The second kappa shape index (κ2) is 6.70. The first kappa shape index (κ1) is 17.0. The van der Waals surface area contributed by atoms with Crippen LogP contribution in [-0.2, 0) is 5.60 Å². The van der Waals surface area contributed by atoms with Gasteiger partial charge < -0.3 is 15.7 Å². The Kier molecular flexibility index (Phi) is 4.38. The van der Waals surface area contributed by atoms with Crippen molar-refractivity contribution in [2.45, 2.75) is 38.3 Å². The SMILES string of the molecule is CC(C)(O)c1ccc2ncc(-c3cccc(NC4CCNCC4)n3)n2c1. The zero-order valence-electron chi connectivity index (χ0n) is 15.2. The van der Waals surface area contributed by atoms with Gasteiger partial charge in [-0.25, -0.2) is 9.97 Å². The van der Waals surface area contributed by atoms with Gasteiger partial charge in [-0.2, -0.15) is 0 Å². The van der Waals surface area contributed by atoms with Crippen molar-refractivity contribution in [1.29, 1.82) is 0 Å². The molecule has 3 N–H and O–H groups in total. The second-order valence-electron chi connectivity index (χ2n) is 7.43. The van der Waals surface area contributed by atoms with Crippen LogP contribution in [0.15, 0.2) is 42.7 Å². The normalized spacial score (nSPS) is 16.1. The van der Waals surface area contributed by atoms with Crippen molar-refractivity contribution in [3.8, 4) is 11.4 Å². The maximum absolute atomic E-state index is 10.3. The molecule has 0 saturated carbocycles. The van der Waals surface area contributed by atoms with Gasteiger partial charge in [0.05, 0.1) is 23.2 Å². The maximum atomic E-state index is 10.3. The van der Waals surface area contributed by atoms with Gasteiger partial charge in [-0.15, -0.1) is 0 Å². The van der Waals surface area contributed by atoms with Crippen LogP contribution in [0.1, 0.15) is 32.3 Å². The van der Waals surface area contributed by atoms with Gasteiger partial charge in [0.1, 0.15) is 11.5 Å². The first-order chi connectivity index (χ1) is 12.5. The smallest absolute Gasteiger partial charge is 0.137 e. The highest BCUT2D eigenvalue weighted by Crippen LogP contribution is 2.25. The third-order valence-corrected chi connectivity index (χ3v) is 4.91. The summed E-state index contributed by atoms with van der Waals surface area (Å²) in [5, 5.41) is 17.2. The summed E-state index contributed by atoms with van der Waals surface area (Å²) in [5.74, 6) is 0.892. The van der Waals surface area contributed by atoms with Crippen molar-refractivity contribution in [2.75, 3.05) is 18.4 Å². The molecular formula is C20H25N5O. The van der Waals surface area contributed by atoms with E-state index < -0.39 is 5.60 Å². The Labute approximate surface area is 153 Å². The van der Waals surface area contributed by atoms with Crippen LogP contribution >= 0.6 is 0 Å². The van der Waals surface area contributed by atoms with Crippen LogP contribution < -0.4 is 10.6 Å². The first-order valence-electron chi connectivity index (χ1n) is 9.15. The Hall–Kier alpha value is -2.44. The van der Waals surface area contributed by atoms with E-state index in [1.54, 1.807) is 13.8 Å². The fourth-order valence-electron chi connectivity index (χ4n) is 3.37. The fourth-order valence-corrected chi connectivity index (χ4v) is 3.37. The van der Waals surface area contributed by atoms with Crippen LogP contribution in [0.25, 0.3) is 17.0 Å². The standard InChI is InChI=1S/C20H25N5O/c1-20(2,26)14-6-7-19-22-12-17(25(19)13-14)16-4-3-5-18(24-16)23-15-8-10-21-11-9-15/h3-7,12-13,15,21,26H,8-11H2,1-2H3,(H,23,24). The van der Waals surface area contributed by atoms with Crippen molar-refractivity contribution < 1.29 is 5.11 Å². The molecule has 1 aliphatic heterocycles. The number of imidazole rings is 1. The minimum absolute atomic E-state index is 0.461. The molecule has 0 amide bonds. The molecule has 0 unspecified atom stereocenters. The minimum atomic E-state index is -0.901. The number of anilines is 1. The van der Waals surface area contributed by atoms with Crippen LogP contribution in [0, 0.1) is 0 Å². The number of rotatable bonds is 4. The zero-order chi connectivity index (χ0) is 18.1. The van der Waals surface area contributed by atoms with Gasteiger partial charge in [0.25, 0.3) is 0 Å². The molecule has 1 fully saturated rings. The third-order valence-electron chi connectivity index (χ3n) is 4.91. The maximum Gasteiger partial charge on any atom is 0.137 e. The summed E-state index contributed by atoms with van der Waals surface area (Å²) in [7, 11) is 0. The predicted molar refractivity (Wildman–Crippen MR) is 103 cm³/mol. The predicted octanol–water partition coefficient (Wildman–Crippen LogP) is 2.79. The number of pyridine rings is 2. The Bertz CT molecular complexity index is 906. The Balaban J connectivity index is 1.67. The van der Waals surface area contributed by atoms with Crippen molar-refractivity contribution in [3.63, 3.8) is 0 Å². The van der Waals surface area contributed by atoms with E-state index >= 15 is 0 Å². The Morgan fingerprint density at radius 3 is 2.77 bits per heavy atom. The molecule has 3 aromatic rings. The topological polar surface area (TPSA) is 74.5 Å².